The van der Waals surface area contributed by atoms with Crippen molar-refractivity contribution >= 4 is 17.7 Å². The molecule has 1 aromatic rings. The van der Waals surface area contributed by atoms with E-state index < -0.39 is 17.3 Å². The van der Waals surface area contributed by atoms with E-state index in [1.807, 2.05) is 18.9 Å². The molecule has 0 radical (unpaired) electrons. The molecule has 1 aliphatic heterocycles. The fourth-order valence-electron chi connectivity index (χ4n) is 2.56. The van der Waals surface area contributed by atoms with Gasteiger partial charge in [0.1, 0.15) is 0 Å². The molecule has 0 aliphatic carbocycles. The summed E-state index contributed by atoms with van der Waals surface area (Å²) in [6.07, 6.45) is -3.60. The highest BCUT2D eigenvalue weighted by atomic mass is 32.2. The quantitative estimate of drug-likeness (QED) is 0.614. The fraction of sp³-hybridized carbons (Fsp3) is 0.588. The van der Waals surface area contributed by atoms with Gasteiger partial charge in [-0.25, -0.2) is 0 Å². The minimum absolute atomic E-state index is 0.319. The Morgan fingerprint density at radius 2 is 2.04 bits per heavy atom. The van der Waals surface area contributed by atoms with Crippen LogP contribution >= 0.6 is 11.8 Å². The molecule has 1 aromatic carbocycles. The number of hydrogen-bond acceptors (Lipinski definition) is 3. The highest BCUT2D eigenvalue weighted by Gasteiger charge is 2.32. The van der Waals surface area contributed by atoms with Gasteiger partial charge >= 0.3 is 6.18 Å². The van der Waals surface area contributed by atoms with Crippen molar-refractivity contribution in [3.05, 3.63) is 35.4 Å². The lowest BCUT2D eigenvalue weighted by atomic mass is 10.0. The molecule has 8 heteroatoms. The summed E-state index contributed by atoms with van der Waals surface area (Å²) in [6, 6.07) is 5.13. The fourth-order valence-corrected chi connectivity index (χ4v) is 3.85. The second-order valence-electron chi connectivity index (χ2n) is 6.25. The zero-order chi connectivity index (χ0) is 18.5. The number of guanidine groups is 1. The molecule has 140 valence electrons. The molecule has 1 aliphatic rings. The Labute approximate surface area is 150 Å². The van der Waals surface area contributed by atoms with E-state index in [1.54, 1.807) is 11.8 Å². The summed E-state index contributed by atoms with van der Waals surface area (Å²) in [5.41, 5.74) is -0.655. The van der Waals surface area contributed by atoms with Gasteiger partial charge in [-0.1, -0.05) is 12.1 Å². The number of thioether (sulfide) groups is 1. The maximum atomic E-state index is 12.6. The first kappa shape index (κ1) is 19.9. The van der Waals surface area contributed by atoms with Gasteiger partial charge in [0, 0.05) is 25.9 Å². The summed E-state index contributed by atoms with van der Waals surface area (Å²) in [6.45, 7) is 3.36. The molecule has 2 rings (SSSR count). The van der Waals surface area contributed by atoms with E-state index in [0.717, 1.165) is 29.9 Å². The molecule has 1 unspecified atom stereocenters. The van der Waals surface area contributed by atoms with Crippen LogP contribution in [0.3, 0.4) is 0 Å². The van der Waals surface area contributed by atoms with Crippen LogP contribution in [0.4, 0.5) is 13.2 Å². The van der Waals surface area contributed by atoms with Crippen LogP contribution in [0.1, 0.15) is 24.5 Å². The minimum Gasteiger partial charge on any atom is -0.387 e. The Balaban J connectivity index is 2.03. The molecule has 0 bridgehead atoms. The molecule has 0 saturated carbocycles. The van der Waals surface area contributed by atoms with E-state index in [1.165, 1.54) is 12.1 Å². The zero-order valence-corrected chi connectivity index (χ0v) is 15.3. The third kappa shape index (κ3) is 5.81. The molecule has 0 spiro atoms. The predicted octanol–water partition coefficient (Wildman–Crippen LogP) is 2.97. The number of aliphatic imine (C=N–C) groups is 1. The number of benzene rings is 1. The van der Waals surface area contributed by atoms with Crippen molar-refractivity contribution < 1.29 is 18.3 Å². The van der Waals surface area contributed by atoms with Gasteiger partial charge < -0.3 is 15.3 Å². The van der Waals surface area contributed by atoms with Crippen LogP contribution in [-0.2, 0) is 12.7 Å². The molecule has 0 aromatic heterocycles. The molecule has 0 amide bonds. The van der Waals surface area contributed by atoms with E-state index in [2.05, 4.69) is 10.3 Å². The van der Waals surface area contributed by atoms with Crippen molar-refractivity contribution in [1.29, 1.82) is 0 Å². The molecule has 2 N–H and O–H groups in total. The number of halogens is 3. The average molecular weight is 375 g/mol. The van der Waals surface area contributed by atoms with E-state index >= 15 is 0 Å². The van der Waals surface area contributed by atoms with Gasteiger partial charge in [0.25, 0.3) is 0 Å². The van der Waals surface area contributed by atoms with E-state index in [4.69, 9.17) is 0 Å². The first-order valence-corrected chi connectivity index (χ1v) is 9.35. The molecular weight excluding hydrogens is 351 g/mol. The summed E-state index contributed by atoms with van der Waals surface area (Å²) in [5, 5.41) is 13.6. The first-order valence-electron chi connectivity index (χ1n) is 8.19. The molecule has 4 nitrogen and oxygen atoms in total. The molecule has 1 fully saturated rings. The van der Waals surface area contributed by atoms with Gasteiger partial charge in [-0.3, -0.25) is 4.99 Å². The van der Waals surface area contributed by atoms with Crippen LogP contribution in [0.15, 0.2) is 29.3 Å². The van der Waals surface area contributed by atoms with Crippen molar-refractivity contribution in [1.82, 2.24) is 10.2 Å². The van der Waals surface area contributed by atoms with Crippen molar-refractivity contribution in [2.24, 2.45) is 4.99 Å². The lowest BCUT2D eigenvalue weighted by Crippen LogP contribution is -2.41. The predicted molar refractivity (Wildman–Crippen MR) is 95.8 cm³/mol. The van der Waals surface area contributed by atoms with Gasteiger partial charge in [0.05, 0.1) is 17.7 Å². The standard InChI is InChI=1S/C17H24F3N3OS/c1-3-21-15(22-11-16(24)8-9-25-12-16)23(2)10-13-4-6-14(7-5-13)17(18,19)20/h4-7,24H,3,8-12H2,1-2H3,(H,21,22). The van der Waals surface area contributed by atoms with Gasteiger partial charge in [-0.2, -0.15) is 24.9 Å². The third-order valence-electron chi connectivity index (χ3n) is 4.00. The molecule has 1 saturated heterocycles. The van der Waals surface area contributed by atoms with E-state index in [-0.39, 0.29) is 0 Å². The summed E-state index contributed by atoms with van der Waals surface area (Å²) in [4.78, 5) is 6.35. The number of nitrogens with zero attached hydrogens (tertiary/aromatic N) is 2. The molecule has 1 atom stereocenters. The van der Waals surface area contributed by atoms with Crippen molar-refractivity contribution in [3.8, 4) is 0 Å². The van der Waals surface area contributed by atoms with E-state index in [9.17, 15) is 18.3 Å². The zero-order valence-electron chi connectivity index (χ0n) is 14.4. The topological polar surface area (TPSA) is 47.9 Å². The number of alkyl halides is 3. The van der Waals surface area contributed by atoms with Gasteiger partial charge in [0.2, 0.25) is 0 Å². The van der Waals surface area contributed by atoms with Crippen LogP contribution in [0, 0.1) is 0 Å². The minimum atomic E-state index is -4.32. The largest absolute Gasteiger partial charge is 0.416 e. The summed E-state index contributed by atoms with van der Waals surface area (Å²) in [5.74, 6) is 2.25. The van der Waals surface area contributed by atoms with Crippen LogP contribution in [0.5, 0.6) is 0 Å². The Morgan fingerprint density at radius 3 is 2.56 bits per heavy atom. The summed E-state index contributed by atoms with van der Waals surface area (Å²) in [7, 11) is 1.83. The Hall–Kier alpha value is -1.41. The number of aliphatic hydroxyl groups is 1. The SMILES string of the molecule is CCNC(=NCC1(O)CCSC1)N(C)Cc1ccc(C(F)(F)F)cc1. The Morgan fingerprint density at radius 1 is 1.36 bits per heavy atom. The van der Waals surface area contributed by atoms with Gasteiger partial charge in [0.15, 0.2) is 5.96 Å². The third-order valence-corrected chi connectivity index (χ3v) is 5.24. The molecule has 1 heterocycles. The lowest BCUT2D eigenvalue weighted by molar-refractivity contribution is -0.137. The second-order valence-corrected chi connectivity index (χ2v) is 7.35. The highest BCUT2D eigenvalue weighted by Crippen LogP contribution is 2.29. The lowest BCUT2D eigenvalue weighted by Gasteiger charge is -2.25. The smallest absolute Gasteiger partial charge is 0.387 e. The van der Waals surface area contributed by atoms with Crippen LogP contribution in [0.2, 0.25) is 0 Å². The average Bonchev–Trinajstić information content (AvgIpc) is 2.98. The Kier molecular flexibility index (Phi) is 6.62. The van der Waals surface area contributed by atoms with Crippen LogP contribution in [-0.4, -0.2) is 53.2 Å². The van der Waals surface area contributed by atoms with Crippen molar-refractivity contribution in [2.75, 3.05) is 31.6 Å². The first-order chi connectivity index (χ1) is 11.7. The van der Waals surface area contributed by atoms with Crippen molar-refractivity contribution in [3.63, 3.8) is 0 Å². The number of rotatable bonds is 5. The highest BCUT2D eigenvalue weighted by molar-refractivity contribution is 7.99. The summed E-state index contributed by atoms with van der Waals surface area (Å²) < 4.78 is 37.9. The monoisotopic (exact) mass is 375 g/mol. The maximum absolute atomic E-state index is 12.6. The van der Waals surface area contributed by atoms with Gasteiger partial charge in [-0.05, 0) is 36.8 Å². The van der Waals surface area contributed by atoms with Crippen LogP contribution in [0.25, 0.3) is 0 Å². The summed E-state index contributed by atoms with van der Waals surface area (Å²) >= 11 is 1.72. The normalized spacial score (nSPS) is 21.4. The van der Waals surface area contributed by atoms with Crippen LogP contribution < -0.4 is 5.32 Å². The molecular formula is C17H24F3N3OS. The maximum Gasteiger partial charge on any atom is 0.416 e. The molecule has 25 heavy (non-hydrogen) atoms. The number of hydrogen-bond donors (Lipinski definition) is 2. The van der Waals surface area contributed by atoms with Crippen molar-refractivity contribution in [2.45, 2.75) is 31.7 Å². The second kappa shape index (κ2) is 8.31. The number of nitrogens with one attached hydrogen (secondary N) is 1. The van der Waals surface area contributed by atoms with Gasteiger partial charge in [-0.15, -0.1) is 0 Å². The Bertz CT molecular complexity index is 584. The van der Waals surface area contributed by atoms with E-state index in [0.29, 0.717) is 31.3 Å².